The molecular formula is C15H21N5. The summed E-state index contributed by atoms with van der Waals surface area (Å²) in [7, 11) is 0. The van der Waals surface area contributed by atoms with Crippen LogP contribution in [0.15, 0.2) is 48.1 Å². The summed E-state index contributed by atoms with van der Waals surface area (Å²) >= 11 is 0. The number of rotatable bonds is 7. The van der Waals surface area contributed by atoms with Crippen molar-refractivity contribution >= 4 is 17.7 Å². The number of aliphatic imine (C=N–C) groups is 1. The van der Waals surface area contributed by atoms with Crippen LogP contribution in [-0.2, 0) is 6.54 Å². The van der Waals surface area contributed by atoms with E-state index in [0.29, 0.717) is 29.9 Å². The van der Waals surface area contributed by atoms with E-state index in [1.165, 1.54) is 12.5 Å². The molecule has 0 saturated carbocycles. The minimum atomic E-state index is -0.131. The summed E-state index contributed by atoms with van der Waals surface area (Å²) in [5.41, 5.74) is 19.3. The van der Waals surface area contributed by atoms with Gasteiger partial charge in [0.25, 0.3) is 0 Å². The molecular weight excluding hydrogens is 250 g/mol. The zero-order valence-corrected chi connectivity index (χ0v) is 11.4. The van der Waals surface area contributed by atoms with Gasteiger partial charge >= 0.3 is 0 Å². The van der Waals surface area contributed by atoms with Crippen molar-refractivity contribution in [2.24, 2.45) is 22.4 Å². The Balaban J connectivity index is 3.09. The summed E-state index contributed by atoms with van der Waals surface area (Å²) < 4.78 is 0. The normalized spacial score (nSPS) is 12.8. The molecule has 0 aromatic heterocycles. The Kier molecular flexibility index (Phi) is 6.03. The molecule has 0 fully saturated rings. The number of hydrogen-bond acceptors (Lipinski definition) is 4. The van der Waals surface area contributed by atoms with Gasteiger partial charge in [0.2, 0.25) is 0 Å². The lowest BCUT2D eigenvalue weighted by molar-refractivity contribution is 0.872. The third kappa shape index (κ3) is 3.98. The molecule has 0 aliphatic heterocycles. The molecule has 1 aromatic rings. The number of nitrogen functional groups attached to an aromatic ring is 1. The third-order valence-electron chi connectivity index (χ3n) is 2.92. The van der Waals surface area contributed by atoms with Crippen LogP contribution in [0.5, 0.6) is 0 Å². The van der Waals surface area contributed by atoms with Gasteiger partial charge in [-0.15, -0.1) is 6.58 Å². The van der Waals surface area contributed by atoms with Crippen LogP contribution in [0.3, 0.4) is 0 Å². The number of nitrogens with zero attached hydrogens (tertiary/aromatic N) is 1. The van der Waals surface area contributed by atoms with Crippen molar-refractivity contribution in [3.05, 3.63) is 54.3 Å². The van der Waals surface area contributed by atoms with Gasteiger partial charge < -0.3 is 22.6 Å². The predicted molar refractivity (Wildman–Crippen MR) is 85.7 cm³/mol. The molecule has 0 radical (unpaired) electrons. The lowest BCUT2D eigenvalue weighted by Crippen LogP contribution is -2.15. The first kappa shape index (κ1) is 15.5. The molecule has 0 aliphatic rings. The number of hydrogen-bond donors (Lipinski definition) is 4. The zero-order valence-electron chi connectivity index (χ0n) is 11.4. The number of anilines is 1. The Labute approximate surface area is 119 Å². The average molecular weight is 271 g/mol. The number of nitrogens with two attached hydrogens (primary N) is 3. The first-order valence-corrected chi connectivity index (χ1v) is 6.30. The van der Waals surface area contributed by atoms with Crippen molar-refractivity contribution in [1.82, 2.24) is 0 Å². The van der Waals surface area contributed by atoms with E-state index in [1.807, 2.05) is 12.1 Å². The second kappa shape index (κ2) is 7.78. The van der Waals surface area contributed by atoms with Crippen LogP contribution >= 0.6 is 0 Å². The Morgan fingerprint density at radius 3 is 2.75 bits per heavy atom. The molecule has 1 unspecified atom stereocenters. The number of benzene rings is 1. The van der Waals surface area contributed by atoms with Crippen LogP contribution in [0, 0.1) is 11.3 Å². The highest BCUT2D eigenvalue weighted by Crippen LogP contribution is 2.21. The standard InChI is InChI=1S/C15H21N5/c1-2-3-12(6-7-16)15(19)13-8-11(9-20-10-17)4-5-14(13)18/h2,4-8,10,12,19H,1,3,9,16,18H2,(H2,17,20)/b7-6+,19-15?. The van der Waals surface area contributed by atoms with Crippen molar-refractivity contribution in [2.75, 3.05) is 5.73 Å². The minimum absolute atomic E-state index is 0.131. The van der Waals surface area contributed by atoms with Crippen LogP contribution in [-0.4, -0.2) is 12.1 Å². The van der Waals surface area contributed by atoms with Crippen molar-refractivity contribution in [1.29, 1.82) is 5.41 Å². The van der Waals surface area contributed by atoms with Gasteiger partial charge in [-0.25, -0.2) is 0 Å². The smallest absolute Gasteiger partial charge is 0.0801 e. The maximum absolute atomic E-state index is 8.31. The molecule has 0 spiro atoms. The molecule has 5 nitrogen and oxygen atoms in total. The van der Waals surface area contributed by atoms with Crippen molar-refractivity contribution in [3.63, 3.8) is 0 Å². The Bertz CT molecular complexity index is 531. The van der Waals surface area contributed by atoms with E-state index in [2.05, 4.69) is 11.6 Å². The van der Waals surface area contributed by atoms with Crippen molar-refractivity contribution < 1.29 is 0 Å². The van der Waals surface area contributed by atoms with Gasteiger partial charge in [0.1, 0.15) is 0 Å². The Morgan fingerprint density at radius 2 is 2.15 bits per heavy atom. The van der Waals surface area contributed by atoms with E-state index in [9.17, 15) is 0 Å². The highest BCUT2D eigenvalue weighted by molar-refractivity contribution is 6.05. The van der Waals surface area contributed by atoms with Crippen molar-refractivity contribution in [2.45, 2.75) is 13.0 Å². The molecule has 5 heteroatoms. The maximum Gasteiger partial charge on any atom is 0.0801 e. The molecule has 0 saturated heterocycles. The average Bonchev–Trinajstić information content (AvgIpc) is 2.45. The van der Waals surface area contributed by atoms with Gasteiger partial charge in [0.15, 0.2) is 0 Å². The fourth-order valence-electron chi connectivity index (χ4n) is 1.90. The lowest BCUT2D eigenvalue weighted by Gasteiger charge is -2.15. The van der Waals surface area contributed by atoms with Crippen LogP contribution in [0.2, 0.25) is 0 Å². The van der Waals surface area contributed by atoms with Gasteiger partial charge in [-0.1, -0.05) is 18.2 Å². The molecule has 0 aliphatic carbocycles. The fraction of sp³-hybridized carbons (Fsp3) is 0.200. The number of nitrogens with one attached hydrogen (secondary N) is 1. The van der Waals surface area contributed by atoms with E-state index >= 15 is 0 Å². The molecule has 0 bridgehead atoms. The van der Waals surface area contributed by atoms with Gasteiger partial charge in [-0.3, -0.25) is 4.99 Å². The first-order chi connectivity index (χ1) is 9.63. The molecule has 1 aromatic carbocycles. The molecule has 106 valence electrons. The van der Waals surface area contributed by atoms with E-state index in [1.54, 1.807) is 18.2 Å². The third-order valence-corrected chi connectivity index (χ3v) is 2.92. The highest BCUT2D eigenvalue weighted by Gasteiger charge is 2.15. The van der Waals surface area contributed by atoms with Crippen LogP contribution < -0.4 is 17.2 Å². The summed E-state index contributed by atoms with van der Waals surface area (Å²) in [5.74, 6) is -0.131. The monoisotopic (exact) mass is 271 g/mol. The quantitative estimate of drug-likeness (QED) is 0.262. The highest BCUT2D eigenvalue weighted by atomic mass is 14.8. The van der Waals surface area contributed by atoms with Gasteiger partial charge in [0, 0.05) is 22.9 Å². The largest absolute Gasteiger partial charge is 0.405 e. The van der Waals surface area contributed by atoms with Gasteiger partial charge in [-0.2, -0.15) is 0 Å². The maximum atomic E-state index is 8.31. The summed E-state index contributed by atoms with van der Waals surface area (Å²) in [4.78, 5) is 3.98. The summed E-state index contributed by atoms with van der Waals surface area (Å²) in [5, 5.41) is 8.31. The Morgan fingerprint density at radius 1 is 1.40 bits per heavy atom. The lowest BCUT2D eigenvalue weighted by atomic mass is 9.91. The summed E-state index contributed by atoms with van der Waals surface area (Å²) in [6, 6.07) is 5.52. The predicted octanol–water partition coefficient (Wildman–Crippen LogP) is 1.79. The van der Waals surface area contributed by atoms with Gasteiger partial charge in [0.05, 0.1) is 12.9 Å². The van der Waals surface area contributed by atoms with E-state index in [-0.39, 0.29) is 5.92 Å². The summed E-state index contributed by atoms with van der Waals surface area (Å²) in [6.45, 7) is 4.17. The van der Waals surface area contributed by atoms with Crippen LogP contribution in [0.4, 0.5) is 5.69 Å². The van der Waals surface area contributed by atoms with Crippen molar-refractivity contribution in [3.8, 4) is 0 Å². The topological polar surface area (TPSA) is 114 Å². The molecule has 1 rings (SSSR count). The first-order valence-electron chi connectivity index (χ1n) is 6.30. The molecule has 1 atom stereocenters. The summed E-state index contributed by atoms with van der Waals surface area (Å²) in [6.07, 6.45) is 6.88. The second-order valence-corrected chi connectivity index (χ2v) is 4.34. The molecule has 0 heterocycles. The minimum Gasteiger partial charge on any atom is -0.405 e. The van der Waals surface area contributed by atoms with Crippen LogP contribution in [0.25, 0.3) is 0 Å². The van der Waals surface area contributed by atoms with E-state index in [0.717, 1.165) is 5.56 Å². The number of allylic oxidation sites excluding steroid dienone is 2. The molecule has 0 amide bonds. The SMILES string of the molecule is C=CCC(/C=C/N)C(=N)c1cc(CN=CN)ccc1N. The fourth-order valence-corrected chi connectivity index (χ4v) is 1.90. The zero-order chi connectivity index (χ0) is 15.0. The van der Waals surface area contributed by atoms with E-state index in [4.69, 9.17) is 22.6 Å². The van der Waals surface area contributed by atoms with Gasteiger partial charge in [-0.05, 0) is 30.3 Å². The van der Waals surface area contributed by atoms with Crippen LogP contribution in [0.1, 0.15) is 17.5 Å². The molecule has 7 N–H and O–H groups in total. The Hall–Kier alpha value is -2.56. The molecule has 20 heavy (non-hydrogen) atoms. The van der Waals surface area contributed by atoms with E-state index < -0.39 is 0 Å². The second-order valence-electron chi connectivity index (χ2n) is 4.34.